The third-order valence-electron chi connectivity index (χ3n) is 3.89. The van der Waals surface area contributed by atoms with Crippen LogP contribution < -0.4 is 0 Å². The summed E-state index contributed by atoms with van der Waals surface area (Å²) in [5.74, 6) is 0. The summed E-state index contributed by atoms with van der Waals surface area (Å²) < 4.78 is 1.17. The molecule has 0 heterocycles. The van der Waals surface area contributed by atoms with Gasteiger partial charge in [0.2, 0.25) is 0 Å². The minimum absolute atomic E-state index is 0.937. The largest absolute Gasteiger partial charge is 0.366 e. The molecular formula is C19H23BrN2. The molecule has 2 aromatic carbocycles. The normalized spacial score (nSPS) is 11.1. The van der Waals surface area contributed by atoms with Gasteiger partial charge >= 0.3 is 0 Å². The topological polar surface area (TPSA) is 15.6 Å². The van der Waals surface area contributed by atoms with Crippen LogP contribution in [0.2, 0.25) is 0 Å². The average Bonchev–Trinajstić information content (AvgIpc) is 2.51. The number of aryl methyl sites for hydroxylation is 2. The Bertz CT molecular complexity index is 677. The van der Waals surface area contributed by atoms with E-state index in [1.54, 1.807) is 0 Å². The molecule has 0 saturated carbocycles. The zero-order valence-corrected chi connectivity index (χ0v) is 15.3. The molecule has 0 atom stereocenters. The minimum Gasteiger partial charge on any atom is -0.366 e. The Labute approximate surface area is 142 Å². The molecule has 2 aromatic rings. The van der Waals surface area contributed by atoms with Crippen LogP contribution in [0.3, 0.4) is 0 Å². The number of hydrogen-bond acceptors (Lipinski definition) is 1. The lowest BCUT2D eigenvalue weighted by Crippen LogP contribution is -2.14. The Morgan fingerprint density at radius 3 is 2.50 bits per heavy atom. The fraction of sp³-hybridized carbons (Fsp3) is 0.316. The third kappa shape index (κ3) is 4.20. The molecule has 0 amide bonds. The molecule has 0 bridgehead atoms. The summed E-state index contributed by atoms with van der Waals surface area (Å²) in [6, 6.07) is 12.8. The molecule has 116 valence electrons. The Morgan fingerprint density at radius 2 is 1.82 bits per heavy atom. The van der Waals surface area contributed by atoms with Gasteiger partial charge in [-0.15, -0.1) is 0 Å². The van der Waals surface area contributed by atoms with E-state index in [-0.39, 0.29) is 0 Å². The van der Waals surface area contributed by atoms with Crippen LogP contribution >= 0.6 is 15.9 Å². The first kappa shape index (κ1) is 16.8. The highest BCUT2D eigenvalue weighted by molar-refractivity contribution is 9.10. The van der Waals surface area contributed by atoms with Crippen molar-refractivity contribution in [3.63, 3.8) is 0 Å². The van der Waals surface area contributed by atoms with Gasteiger partial charge in [0.25, 0.3) is 0 Å². The summed E-state index contributed by atoms with van der Waals surface area (Å²) >= 11 is 3.63. The number of benzene rings is 2. The van der Waals surface area contributed by atoms with Gasteiger partial charge in [0.1, 0.15) is 0 Å². The molecule has 0 aliphatic carbocycles. The van der Waals surface area contributed by atoms with Crippen LogP contribution in [0.15, 0.2) is 45.9 Å². The Balaban J connectivity index is 2.27. The lowest BCUT2D eigenvalue weighted by Gasteiger charge is -2.12. The summed E-state index contributed by atoms with van der Waals surface area (Å²) in [4.78, 5) is 6.67. The highest BCUT2D eigenvalue weighted by Crippen LogP contribution is 2.27. The molecule has 0 unspecified atom stereocenters. The van der Waals surface area contributed by atoms with Crippen molar-refractivity contribution < 1.29 is 0 Å². The maximum atomic E-state index is 4.59. The Hall–Kier alpha value is -1.61. The maximum absolute atomic E-state index is 4.59. The zero-order valence-electron chi connectivity index (χ0n) is 13.7. The van der Waals surface area contributed by atoms with Crippen LogP contribution in [0.25, 0.3) is 0 Å². The molecule has 2 nitrogen and oxygen atoms in total. The van der Waals surface area contributed by atoms with Crippen LogP contribution in [0.1, 0.15) is 29.2 Å². The number of rotatable bonds is 5. The smallest absolute Gasteiger partial charge is 0.0909 e. The molecule has 0 aromatic heterocycles. The molecule has 3 heteroatoms. The molecule has 0 spiro atoms. The van der Waals surface area contributed by atoms with Crippen molar-refractivity contribution in [1.82, 2.24) is 4.90 Å². The third-order valence-corrected chi connectivity index (χ3v) is 4.66. The summed E-state index contributed by atoms with van der Waals surface area (Å²) in [6.07, 6.45) is 2.84. The quantitative estimate of drug-likeness (QED) is 0.525. The highest BCUT2D eigenvalue weighted by atomic mass is 79.9. The van der Waals surface area contributed by atoms with E-state index in [1.165, 1.54) is 26.7 Å². The van der Waals surface area contributed by atoms with Crippen LogP contribution in [0.5, 0.6) is 0 Å². The average molecular weight is 359 g/mol. The standard InChI is InChI=1S/C19H23BrN2/c1-5-22(4)13-21-19-11-14(2)17(10-15(19)3)12-16-8-6-7-9-18(16)20/h6-11,13H,5,12H2,1-4H3. The summed E-state index contributed by atoms with van der Waals surface area (Å²) in [5, 5.41) is 0. The van der Waals surface area contributed by atoms with Crippen LogP contribution in [-0.2, 0) is 6.42 Å². The van der Waals surface area contributed by atoms with E-state index >= 15 is 0 Å². The molecule has 0 saturated heterocycles. The maximum Gasteiger partial charge on any atom is 0.0909 e. The predicted octanol–water partition coefficient (Wildman–Crippen LogP) is 5.27. The van der Waals surface area contributed by atoms with E-state index < -0.39 is 0 Å². The van der Waals surface area contributed by atoms with Gasteiger partial charge in [0, 0.05) is 18.1 Å². The fourth-order valence-electron chi connectivity index (χ4n) is 2.28. The van der Waals surface area contributed by atoms with Crippen LogP contribution in [0, 0.1) is 13.8 Å². The summed E-state index contributed by atoms with van der Waals surface area (Å²) in [7, 11) is 2.03. The lowest BCUT2D eigenvalue weighted by atomic mass is 9.97. The lowest BCUT2D eigenvalue weighted by molar-refractivity contribution is 0.552. The molecular weight excluding hydrogens is 336 g/mol. The molecule has 0 radical (unpaired) electrons. The molecule has 22 heavy (non-hydrogen) atoms. The van der Waals surface area contributed by atoms with Crippen molar-refractivity contribution in [3.8, 4) is 0 Å². The van der Waals surface area contributed by atoms with E-state index in [0.29, 0.717) is 0 Å². The van der Waals surface area contributed by atoms with Gasteiger partial charge in [-0.2, -0.15) is 0 Å². The fourth-order valence-corrected chi connectivity index (χ4v) is 2.70. The van der Waals surface area contributed by atoms with Gasteiger partial charge in [-0.1, -0.05) is 40.2 Å². The number of aliphatic imine (C=N–C) groups is 1. The van der Waals surface area contributed by atoms with E-state index in [1.807, 2.05) is 19.5 Å². The van der Waals surface area contributed by atoms with Crippen molar-refractivity contribution >= 4 is 28.0 Å². The van der Waals surface area contributed by atoms with Crippen molar-refractivity contribution in [3.05, 3.63) is 63.1 Å². The second kappa shape index (κ2) is 7.59. The first-order valence-electron chi connectivity index (χ1n) is 7.59. The predicted molar refractivity (Wildman–Crippen MR) is 99.3 cm³/mol. The van der Waals surface area contributed by atoms with Gasteiger partial charge < -0.3 is 4.90 Å². The van der Waals surface area contributed by atoms with Gasteiger partial charge in [-0.3, -0.25) is 0 Å². The SMILES string of the molecule is CCN(C)C=Nc1cc(C)c(Cc2ccccc2Br)cc1C. The first-order valence-corrected chi connectivity index (χ1v) is 8.38. The van der Waals surface area contributed by atoms with Crippen molar-refractivity contribution in [1.29, 1.82) is 0 Å². The van der Waals surface area contributed by atoms with Crippen molar-refractivity contribution in [2.45, 2.75) is 27.2 Å². The van der Waals surface area contributed by atoms with Crippen LogP contribution in [0.4, 0.5) is 5.69 Å². The van der Waals surface area contributed by atoms with Crippen LogP contribution in [-0.4, -0.2) is 24.8 Å². The van der Waals surface area contributed by atoms with E-state index in [0.717, 1.165) is 18.7 Å². The second-order valence-corrected chi connectivity index (χ2v) is 6.51. The molecule has 2 rings (SSSR count). The molecule has 0 aliphatic rings. The van der Waals surface area contributed by atoms with Gasteiger partial charge in [-0.25, -0.2) is 4.99 Å². The molecule has 0 fully saturated rings. The van der Waals surface area contributed by atoms with Gasteiger partial charge in [-0.05, 0) is 61.6 Å². The summed E-state index contributed by atoms with van der Waals surface area (Å²) in [5.41, 5.74) is 6.22. The summed E-state index contributed by atoms with van der Waals surface area (Å²) in [6.45, 7) is 7.36. The number of halogens is 1. The van der Waals surface area contributed by atoms with Crippen molar-refractivity contribution in [2.75, 3.05) is 13.6 Å². The Morgan fingerprint density at radius 1 is 1.09 bits per heavy atom. The minimum atomic E-state index is 0.937. The first-order chi connectivity index (χ1) is 10.5. The van der Waals surface area contributed by atoms with E-state index in [2.05, 4.69) is 76.9 Å². The Kier molecular flexibility index (Phi) is 5.78. The number of hydrogen-bond donors (Lipinski definition) is 0. The van der Waals surface area contributed by atoms with Gasteiger partial charge in [0.15, 0.2) is 0 Å². The number of nitrogens with zero attached hydrogens (tertiary/aromatic N) is 2. The molecule has 0 aliphatic heterocycles. The monoisotopic (exact) mass is 358 g/mol. The van der Waals surface area contributed by atoms with E-state index in [9.17, 15) is 0 Å². The zero-order chi connectivity index (χ0) is 16.1. The highest BCUT2D eigenvalue weighted by Gasteiger charge is 2.07. The molecule has 0 N–H and O–H groups in total. The second-order valence-electron chi connectivity index (χ2n) is 5.65. The van der Waals surface area contributed by atoms with Gasteiger partial charge in [0.05, 0.1) is 12.0 Å². The van der Waals surface area contributed by atoms with Crippen molar-refractivity contribution in [2.24, 2.45) is 4.99 Å². The van der Waals surface area contributed by atoms with E-state index in [4.69, 9.17) is 0 Å².